The maximum atomic E-state index is 13.6. The van der Waals surface area contributed by atoms with Crippen LogP contribution in [0.25, 0.3) is 10.2 Å². The molecule has 3 aromatic rings. The summed E-state index contributed by atoms with van der Waals surface area (Å²) in [4.78, 5) is 16.4. The second-order valence-electron chi connectivity index (χ2n) is 5.82. The number of hydrogen-bond donors (Lipinski definition) is 2. The van der Waals surface area contributed by atoms with E-state index in [1.165, 1.54) is 29.2 Å². The van der Waals surface area contributed by atoms with Crippen LogP contribution in [-0.2, 0) is 21.4 Å². The molecule has 1 aromatic heterocycles. The number of amides is 1. The summed E-state index contributed by atoms with van der Waals surface area (Å²) in [5, 5.41) is 2.69. The van der Waals surface area contributed by atoms with Gasteiger partial charge in [0.25, 0.3) is 0 Å². The minimum absolute atomic E-state index is 0.00315. The average Bonchev–Trinajstić information content (AvgIpc) is 3.07. The van der Waals surface area contributed by atoms with E-state index in [-0.39, 0.29) is 29.8 Å². The predicted octanol–water partition coefficient (Wildman–Crippen LogP) is 3.61. The van der Waals surface area contributed by atoms with Crippen LogP contribution < -0.4 is 10.0 Å². The highest BCUT2D eigenvalue weighted by atomic mass is 32.2. The third-order valence-corrected chi connectivity index (χ3v) is 7.25. The SMILES string of the molecule is CCS(=O)(=O)Nc1ccc2nc(SCC(=O)NCc3ccccc3F)sc2c1. The molecular formula is C18H18FN3O3S3. The van der Waals surface area contributed by atoms with E-state index in [2.05, 4.69) is 15.0 Å². The zero-order chi connectivity index (χ0) is 20.1. The Bertz CT molecular complexity index is 1100. The number of halogens is 1. The first-order valence-electron chi connectivity index (χ1n) is 8.40. The number of rotatable bonds is 8. The monoisotopic (exact) mass is 439 g/mol. The lowest BCUT2D eigenvalue weighted by atomic mass is 10.2. The zero-order valence-corrected chi connectivity index (χ0v) is 17.4. The standard InChI is InChI=1S/C18H18FN3O3S3/c1-2-28(24,25)22-13-7-8-15-16(9-13)27-18(21-15)26-11-17(23)20-10-12-5-3-4-6-14(12)19/h3-9,22H,2,10-11H2,1H3,(H,20,23). The smallest absolute Gasteiger partial charge is 0.232 e. The molecule has 1 heterocycles. The molecule has 0 spiro atoms. The van der Waals surface area contributed by atoms with Gasteiger partial charge in [-0.1, -0.05) is 30.0 Å². The topological polar surface area (TPSA) is 88.2 Å². The Hall–Kier alpha value is -2.17. The molecule has 1 amide bonds. The predicted molar refractivity (Wildman–Crippen MR) is 112 cm³/mol. The first-order valence-corrected chi connectivity index (χ1v) is 11.9. The number of fused-ring (bicyclic) bond motifs is 1. The third kappa shape index (κ3) is 5.43. The van der Waals surface area contributed by atoms with E-state index in [1.54, 1.807) is 43.3 Å². The highest BCUT2D eigenvalue weighted by Crippen LogP contribution is 2.31. The van der Waals surface area contributed by atoms with Crippen molar-refractivity contribution in [2.75, 3.05) is 16.2 Å². The Labute approximate surface area is 170 Å². The molecule has 3 rings (SSSR count). The van der Waals surface area contributed by atoms with E-state index in [9.17, 15) is 17.6 Å². The quantitative estimate of drug-likeness (QED) is 0.524. The molecular weight excluding hydrogens is 421 g/mol. The van der Waals surface area contributed by atoms with E-state index in [4.69, 9.17) is 0 Å². The van der Waals surface area contributed by atoms with Gasteiger partial charge in [-0.3, -0.25) is 9.52 Å². The van der Waals surface area contributed by atoms with Crippen molar-refractivity contribution < 1.29 is 17.6 Å². The number of anilines is 1. The van der Waals surface area contributed by atoms with Gasteiger partial charge in [0.05, 0.1) is 27.4 Å². The van der Waals surface area contributed by atoms with Crippen LogP contribution in [0.4, 0.5) is 10.1 Å². The number of carbonyl (C=O) groups is 1. The van der Waals surface area contributed by atoms with Crippen molar-refractivity contribution in [2.45, 2.75) is 17.8 Å². The van der Waals surface area contributed by atoms with Crippen LogP contribution in [0.2, 0.25) is 0 Å². The fraction of sp³-hybridized carbons (Fsp3) is 0.222. The second kappa shape index (κ2) is 8.89. The molecule has 0 atom stereocenters. The summed E-state index contributed by atoms with van der Waals surface area (Å²) in [6.45, 7) is 1.70. The summed E-state index contributed by atoms with van der Waals surface area (Å²) in [5.41, 5.74) is 1.65. The summed E-state index contributed by atoms with van der Waals surface area (Å²) < 4.78 is 40.9. The van der Waals surface area contributed by atoms with Crippen molar-refractivity contribution in [2.24, 2.45) is 0 Å². The van der Waals surface area contributed by atoms with Gasteiger partial charge in [0.2, 0.25) is 15.9 Å². The fourth-order valence-electron chi connectivity index (χ4n) is 2.29. The van der Waals surface area contributed by atoms with Crippen molar-refractivity contribution in [3.8, 4) is 0 Å². The number of aromatic nitrogens is 1. The zero-order valence-electron chi connectivity index (χ0n) is 14.9. The maximum absolute atomic E-state index is 13.6. The Morgan fingerprint density at radius 3 is 2.79 bits per heavy atom. The molecule has 28 heavy (non-hydrogen) atoms. The minimum Gasteiger partial charge on any atom is -0.351 e. The lowest BCUT2D eigenvalue weighted by Crippen LogP contribution is -2.24. The van der Waals surface area contributed by atoms with E-state index in [1.807, 2.05) is 0 Å². The first-order chi connectivity index (χ1) is 13.4. The van der Waals surface area contributed by atoms with Gasteiger partial charge < -0.3 is 5.32 Å². The highest BCUT2D eigenvalue weighted by molar-refractivity contribution is 8.01. The summed E-state index contributed by atoms with van der Waals surface area (Å²) >= 11 is 2.66. The minimum atomic E-state index is -3.34. The second-order valence-corrected chi connectivity index (χ2v) is 10.1. The molecule has 10 heteroatoms. The lowest BCUT2D eigenvalue weighted by molar-refractivity contribution is -0.118. The van der Waals surface area contributed by atoms with Gasteiger partial charge in [0.1, 0.15) is 5.82 Å². The summed E-state index contributed by atoms with van der Waals surface area (Å²) in [6, 6.07) is 11.4. The molecule has 0 aliphatic rings. The number of benzene rings is 2. The van der Waals surface area contributed by atoms with Crippen LogP contribution >= 0.6 is 23.1 Å². The van der Waals surface area contributed by atoms with Gasteiger partial charge in [-0.2, -0.15) is 0 Å². The molecule has 0 unspecified atom stereocenters. The van der Waals surface area contributed by atoms with Gasteiger partial charge in [-0.25, -0.2) is 17.8 Å². The Morgan fingerprint density at radius 1 is 1.25 bits per heavy atom. The average molecular weight is 440 g/mol. The summed E-state index contributed by atoms with van der Waals surface area (Å²) in [5.74, 6) is -0.416. The van der Waals surface area contributed by atoms with Crippen LogP contribution in [0.15, 0.2) is 46.8 Å². The number of carbonyl (C=O) groups excluding carboxylic acids is 1. The van der Waals surface area contributed by atoms with Gasteiger partial charge in [0.15, 0.2) is 4.34 Å². The normalized spacial score (nSPS) is 11.5. The summed E-state index contributed by atoms with van der Waals surface area (Å²) in [7, 11) is -3.34. The lowest BCUT2D eigenvalue weighted by Gasteiger charge is -2.05. The Morgan fingerprint density at radius 2 is 2.04 bits per heavy atom. The molecule has 0 bridgehead atoms. The number of thioether (sulfide) groups is 1. The van der Waals surface area contributed by atoms with Crippen molar-refractivity contribution >= 4 is 54.9 Å². The first kappa shape index (κ1) is 20.6. The molecule has 0 saturated carbocycles. The fourth-order valence-corrected chi connectivity index (χ4v) is 4.86. The largest absolute Gasteiger partial charge is 0.351 e. The van der Waals surface area contributed by atoms with E-state index in [0.717, 1.165) is 10.2 Å². The van der Waals surface area contributed by atoms with Crippen molar-refractivity contribution in [1.29, 1.82) is 0 Å². The molecule has 0 saturated heterocycles. The van der Waals surface area contributed by atoms with Crippen LogP contribution in [0.5, 0.6) is 0 Å². The number of hydrogen-bond acceptors (Lipinski definition) is 6. The van der Waals surface area contributed by atoms with E-state index in [0.29, 0.717) is 15.6 Å². The van der Waals surface area contributed by atoms with Crippen LogP contribution in [0, 0.1) is 5.82 Å². The van der Waals surface area contributed by atoms with Gasteiger partial charge in [-0.05, 0) is 31.2 Å². The Kier molecular flexibility index (Phi) is 6.53. The number of nitrogens with one attached hydrogen (secondary N) is 2. The molecule has 148 valence electrons. The summed E-state index contributed by atoms with van der Waals surface area (Å²) in [6.07, 6.45) is 0. The number of sulfonamides is 1. The van der Waals surface area contributed by atoms with Gasteiger partial charge in [0, 0.05) is 12.1 Å². The van der Waals surface area contributed by atoms with Gasteiger partial charge >= 0.3 is 0 Å². The molecule has 0 radical (unpaired) electrons. The highest BCUT2D eigenvalue weighted by Gasteiger charge is 2.11. The van der Waals surface area contributed by atoms with Crippen LogP contribution in [-0.4, -0.2) is 30.8 Å². The molecule has 0 fully saturated rings. The number of thiazole rings is 1. The molecule has 2 N–H and O–H groups in total. The van der Waals surface area contributed by atoms with Gasteiger partial charge in [-0.15, -0.1) is 11.3 Å². The van der Waals surface area contributed by atoms with Crippen molar-refractivity contribution in [3.63, 3.8) is 0 Å². The molecule has 0 aliphatic carbocycles. The third-order valence-electron chi connectivity index (χ3n) is 3.78. The molecule has 2 aromatic carbocycles. The Balaban J connectivity index is 1.58. The van der Waals surface area contributed by atoms with Crippen LogP contribution in [0.3, 0.4) is 0 Å². The van der Waals surface area contributed by atoms with E-state index < -0.39 is 10.0 Å². The van der Waals surface area contributed by atoms with Crippen LogP contribution in [0.1, 0.15) is 12.5 Å². The molecule has 0 aliphatic heterocycles. The molecule has 6 nitrogen and oxygen atoms in total. The van der Waals surface area contributed by atoms with Crippen molar-refractivity contribution in [3.05, 3.63) is 53.8 Å². The number of nitrogens with zero attached hydrogens (tertiary/aromatic N) is 1. The van der Waals surface area contributed by atoms with Crippen molar-refractivity contribution in [1.82, 2.24) is 10.3 Å². The van der Waals surface area contributed by atoms with E-state index >= 15 is 0 Å². The maximum Gasteiger partial charge on any atom is 0.232 e.